The Kier molecular flexibility index (Phi) is 6.63. The highest BCUT2D eigenvalue weighted by Gasteiger charge is 2.17. The first-order valence-electron chi connectivity index (χ1n) is 8.03. The summed E-state index contributed by atoms with van der Waals surface area (Å²) in [7, 11) is 0. The highest BCUT2D eigenvalue weighted by molar-refractivity contribution is 5.91. The average molecular weight is 312 g/mol. The van der Waals surface area contributed by atoms with Gasteiger partial charge in [0.2, 0.25) is 5.91 Å². The number of likely N-dealkylation sites (N-methyl/N-ethyl adjacent to an activating group) is 1. The van der Waals surface area contributed by atoms with Crippen molar-refractivity contribution >= 4 is 12.0 Å². The van der Waals surface area contributed by atoms with Gasteiger partial charge in [-0.15, -0.1) is 0 Å². The van der Waals surface area contributed by atoms with Crippen LogP contribution in [-0.2, 0) is 4.79 Å². The lowest BCUT2D eigenvalue weighted by atomic mass is 10.1. The Hall–Kier alpha value is -2.33. The third kappa shape index (κ3) is 5.11. The number of hydrogen-bond donors (Lipinski definition) is 1. The molecule has 0 aliphatic carbocycles. The zero-order valence-corrected chi connectivity index (χ0v) is 13.7. The Morgan fingerprint density at radius 1 is 1.17 bits per heavy atom. The van der Waals surface area contributed by atoms with E-state index >= 15 is 0 Å². The van der Waals surface area contributed by atoms with Crippen LogP contribution in [0.5, 0.6) is 0 Å². The molecule has 4 heteroatoms. The summed E-state index contributed by atoms with van der Waals surface area (Å²) in [5.74, 6) is 0.554. The summed E-state index contributed by atoms with van der Waals surface area (Å²) in [6.45, 7) is 6.73. The molecule has 1 heterocycles. The lowest BCUT2D eigenvalue weighted by Crippen LogP contribution is -2.37. The predicted octanol–water partition coefficient (Wildman–Crippen LogP) is 3.49. The molecule has 0 saturated heterocycles. The Bertz CT molecular complexity index is 602. The molecule has 0 saturated carbocycles. The molecule has 1 aromatic carbocycles. The van der Waals surface area contributed by atoms with E-state index in [0.29, 0.717) is 12.3 Å². The van der Waals surface area contributed by atoms with Gasteiger partial charge < -0.3 is 9.73 Å². The molecule has 122 valence electrons. The van der Waals surface area contributed by atoms with Gasteiger partial charge in [-0.25, -0.2) is 0 Å². The third-order valence-corrected chi connectivity index (χ3v) is 3.85. The molecule has 0 aliphatic rings. The van der Waals surface area contributed by atoms with Crippen molar-refractivity contribution in [2.75, 3.05) is 19.6 Å². The summed E-state index contributed by atoms with van der Waals surface area (Å²) in [5.41, 5.74) is 1.21. The van der Waals surface area contributed by atoms with Gasteiger partial charge in [-0.05, 0) is 36.9 Å². The van der Waals surface area contributed by atoms with Crippen molar-refractivity contribution in [3.05, 3.63) is 66.1 Å². The van der Waals surface area contributed by atoms with Crippen molar-refractivity contribution in [2.24, 2.45) is 0 Å². The molecule has 2 aromatic rings. The quantitative estimate of drug-likeness (QED) is 0.759. The summed E-state index contributed by atoms with van der Waals surface area (Å²) in [4.78, 5) is 14.4. The van der Waals surface area contributed by atoms with Crippen LogP contribution >= 0.6 is 0 Å². The van der Waals surface area contributed by atoms with Crippen molar-refractivity contribution < 1.29 is 9.21 Å². The zero-order chi connectivity index (χ0) is 16.5. The molecule has 1 N–H and O–H groups in total. The minimum absolute atomic E-state index is 0.116. The van der Waals surface area contributed by atoms with E-state index in [0.717, 1.165) is 13.1 Å². The number of carbonyl (C=O) groups excluding carboxylic acids is 1. The molecular formula is C19H24N2O2. The van der Waals surface area contributed by atoms with E-state index in [2.05, 4.69) is 36.2 Å². The molecule has 0 bridgehead atoms. The Morgan fingerprint density at radius 2 is 1.91 bits per heavy atom. The first-order valence-corrected chi connectivity index (χ1v) is 8.03. The number of nitrogens with one attached hydrogen (secondary N) is 1. The number of rotatable bonds is 8. The maximum Gasteiger partial charge on any atom is 0.244 e. The van der Waals surface area contributed by atoms with Crippen LogP contribution in [0.2, 0.25) is 0 Å². The van der Waals surface area contributed by atoms with Crippen molar-refractivity contribution in [3.63, 3.8) is 0 Å². The van der Waals surface area contributed by atoms with Crippen molar-refractivity contribution in [1.82, 2.24) is 10.2 Å². The second-order valence-corrected chi connectivity index (χ2v) is 5.24. The Balaban J connectivity index is 1.99. The van der Waals surface area contributed by atoms with Gasteiger partial charge in [0.05, 0.1) is 12.3 Å². The number of amides is 1. The topological polar surface area (TPSA) is 45.5 Å². The van der Waals surface area contributed by atoms with E-state index in [-0.39, 0.29) is 11.9 Å². The van der Waals surface area contributed by atoms with E-state index < -0.39 is 0 Å². The van der Waals surface area contributed by atoms with Crippen LogP contribution in [0.1, 0.15) is 31.2 Å². The number of furan rings is 1. The van der Waals surface area contributed by atoms with Gasteiger partial charge in [-0.3, -0.25) is 9.69 Å². The van der Waals surface area contributed by atoms with Gasteiger partial charge in [-0.2, -0.15) is 0 Å². The summed E-state index contributed by atoms with van der Waals surface area (Å²) >= 11 is 0. The highest BCUT2D eigenvalue weighted by Crippen LogP contribution is 2.19. The van der Waals surface area contributed by atoms with Gasteiger partial charge >= 0.3 is 0 Å². The third-order valence-electron chi connectivity index (χ3n) is 3.85. The molecule has 1 atom stereocenters. The molecule has 1 unspecified atom stereocenters. The van der Waals surface area contributed by atoms with Gasteiger partial charge in [0, 0.05) is 12.6 Å². The molecule has 1 amide bonds. The van der Waals surface area contributed by atoms with Crippen LogP contribution in [0.25, 0.3) is 6.08 Å². The number of benzene rings is 1. The first kappa shape index (κ1) is 17.0. The minimum atomic E-state index is -0.116. The van der Waals surface area contributed by atoms with Crippen molar-refractivity contribution in [1.29, 1.82) is 0 Å². The highest BCUT2D eigenvalue weighted by atomic mass is 16.3. The van der Waals surface area contributed by atoms with Crippen LogP contribution in [0, 0.1) is 0 Å². The molecule has 0 spiro atoms. The summed E-state index contributed by atoms with van der Waals surface area (Å²) in [5, 5.41) is 2.98. The Morgan fingerprint density at radius 3 is 2.52 bits per heavy atom. The van der Waals surface area contributed by atoms with E-state index in [9.17, 15) is 4.79 Å². The van der Waals surface area contributed by atoms with E-state index in [1.807, 2.05) is 24.3 Å². The van der Waals surface area contributed by atoms with Crippen LogP contribution in [-0.4, -0.2) is 30.4 Å². The van der Waals surface area contributed by atoms with Crippen LogP contribution in [0.4, 0.5) is 0 Å². The lowest BCUT2D eigenvalue weighted by molar-refractivity contribution is -0.116. The zero-order valence-electron chi connectivity index (χ0n) is 13.7. The molecule has 0 fully saturated rings. The fourth-order valence-electron chi connectivity index (χ4n) is 2.60. The van der Waals surface area contributed by atoms with E-state index in [4.69, 9.17) is 4.42 Å². The molecule has 0 radical (unpaired) electrons. The van der Waals surface area contributed by atoms with Crippen molar-refractivity contribution in [3.8, 4) is 0 Å². The SMILES string of the molecule is CCN(CC)C(CNC(=O)/C=C/c1ccco1)c1ccccc1. The molecule has 0 aliphatic heterocycles. The van der Waals surface area contributed by atoms with Gasteiger partial charge in [0.25, 0.3) is 0 Å². The van der Waals surface area contributed by atoms with Crippen molar-refractivity contribution in [2.45, 2.75) is 19.9 Å². The monoisotopic (exact) mass is 312 g/mol. The summed E-state index contributed by atoms with van der Waals surface area (Å²) in [6.07, 6.45) is 4.76. The predicted molar refractivity (Wildman–Crippen MR) is 92.9 cm³/mol. The minimum Gasteiger partial charge on any atom is -0.465 e. The number of hydrogen-bond acceptors (Lipinski definition) is 3. The van der Waals surface area contributed by atoms with E-state index in [1.54, 1.807) is 18.4 Å². The second kappa shape index (κ2) is 8.96. The summed E-state index contributed by atoms with van der Waals surface area (Å²) < 4.78 is 5.18. The smallest absolute Gasteiger partial charge is 0.244 e. The largest absolute Gasteiger partial charge is 0.465 e. The lowest BCUT2D eigenvalue weighted by Gasteiger charge is -2.30. The number of nitrogens with zero attached hydrogens (tertiary/aromatic N) is 1. The molecular weight excluding hydrogens is 288 g/mol. The number of carbonyl (C=O) groups is 1. The maximum absolute atomic E-state index is 12.0. The fraction of sp³-hybridized carbons (Fsp3) is 0.316. The van der Waals surface area contributed by atoms with Crippen LogP contribution in [0.3, 0.4) is 0 Å². The summed E-state index contributed by atoms with van der Waals surface area (Å²) in [6, 6.07) is 14.1. The first-order chi connectivity index (χ1) is 11.2. The maximum atomic E-state index is 12.0. The molecule has 23 heavy (non-hydrogen) atoms. The van der Waals surface area contributed by atoms with Gasteiger partial charge in [0.15, 0.2) is 0 Å². The molecule has 1 aromatic heterocycles. The van der Waals surface area contributed by atoms with Crippen LogP contribution in [0.15, 0.2) is 59.2 Å². The van der Waals surface area contributed by atoms with Crippen LogP contribution < -0.4 is 5.32 Å². The standard InChI is InChI=1S/C19H24N2O2/c1-3-21(4-2)18(16-9-6-5-7-10-16)15-20-19(22)13-12-17-11-8-14-23-17/h5-14,18H,3-4,15H2,1-2H3,(H,20,22)/b13-12+. The Labute approximate surface area is 137 Å². The average Bonchev–Trinajstić information content (AvgIpc) is 3.11. The van der Waals surface area contributed by atoms with Gasteiger partial charge in [0.1, 0.15) is 5.76 Å². The second-order valence-electron chi connectivity index (χ2n) is 5.24. The van der Waals surface area contributed by atoms with E-state index in [1.165, 1.54) is 11.6 Å². The van der Waals surface area contributed by atoms with Gasteiger partial charge in [-0.1, -0.05) is 44.2 Å². The molecule has 2 rings (SSSR count). The molecule has 4 nitrogen and oxygen atoms in total. The fourth-order valence-corrected chi connectivity index (χ4v) is 2.60. The normalized spacial score (nSPS) is 12.7.